The average Bonchev–Trinajstić information content (AvgIpc) is 2.28. The number of benzene rings is 1. The number of carbonyl (C=O) groups is 1. The van der Waals surface area contributed by atoms with Crippen LogP contribution in [0.15, 0.2) is 18.2 Å². The Bertz CT molecular complexity index is 349. The number of nitrogen functional groups attached to an aromatic ring is 1. The minimum absolute atomic E-state index is 0.00384. The largest absolute Gasteiger partial charge is 0.397 e. The van der Waals surface area contributed by atoms with Crippen LogP contribution in [0.4, 0.5) is 17.1 Å². The van der Waals surface area contributed by atoms with Gasteiger partial charge in [0.05, 0.1) is 17.1 Å². The van der Waals surface area contributed by atoms with Crippen molar-refractivity contribution in [2.45, 2.75) is 6.42 Å². The Hall–Kier alpha value is -1.71. The number of hydrogen-bond donors (Lipinski definition) is 3. The van der Waals surface area contributed by atoms with Crippen molar-refractivity contribution in [2.75, 3.05) is 22.9 Å². The van der Waals surface area contributed by atoms with Crippen LogP contribution in [0.3, 0.4) is 0 Å². The van der Waals surface area contributed by atoms with Gasteiger partial charge in [-0.25, -0.2) is 0 Å². The fraction of sp³-hybridized carbons (Fsp3) is 0.222. The molecule has 0 fully saturated rings. The molecule has 1 aliphatic rings. The Morgan fingerprint density at radius 2 is 2.23 bits per heavy atom. The maximum atomic E-state index is 11.2. The van der Waals surface area contributed by atoms with Crippen LogP contribution in [-0.4, -0.2) is 12.5 Å². The summed E-state index contributed by atoms with van der Waals surface area (Å²) in [6.07, 6.45) is 0.480. The van der Waals surface area contributed by atoms with Gasteiger partial charge in [0.25, 0.3) is 0 Å². The van der Waals surface area contributed by atoms with Crippen LogP contribution >= 0.6 is 0 Å². The Morgan fingerprint density at radius 3 is 3.08 bits per heavy atom. The molecule has 13 heavy (non-hydrogen) atoms. The van der Waals surface area contributed by atoms with E-state index in [1.54, 1.807) is 6.07 Å². The van der Waals surface area contributed by atoms with E-state index >= 15 is 0 Å². The maximum Gasteiger partial charge on any atom is 0.226 e. The highest BCUT2D eigenvalue weighted by molar-refractivity contribution is 5.99. The lowest BCUT2D eigenvalue weighted by molar-refractivity contribution is -0.115. The third-order valence-electron chi connectivity index (χ3n) is 2.03. The Morgan fingerprint density at radius 1 is 1.38 bits per heavy atom. The topological polar surface area (TPSA) is 67.1 Å². The van der Waals surface area contributed by atoms with Crippen LogP contribution in [0, 0.1) is 0 Å². The highest BCUT2D eigenvalue weighted by atomic mass is 16.1. The minimum Gasteiger partial charge on any atom is -0.397 e. The van der Waals surface area contributed by atoms with Gasteiger partial charge in [-0.15, -0.1) is 0 Å². The fourth-order valence-electron chi connectivity index (χ4n) is 1.37. The molecule has 0 atom stereocenters. The first-order valence-corrected chi connectivity index (χ1v) is 4.19. The quantitative estimate of drug-likeness (QED) is 0.518. The van der Waals surface area contributed by atoms with Gasteiger partial charge >= 0.3 is 0 Å². The summed E-state index contributed by atoms with van der Waals surface area (Å²) < 4.78 is 0. The van der Waals surface area contributed by atoms with Crippen molar-refractivity contribution in [3.05, 3.63) is 18.2 Å². The van der Waals surface area contributed by atoms with Gasteiger partial charge in [-0.1, -0.05) is 6.07 Å². The normalized spacial score (nSPS) is 15.2. The number of carbonyl (C=O) groups excluding carboxylic acids is 1. The average molecular weight is 177 g/mol. The summed E-state index contributed by atoms with van der Waals surface area (Å²) >= 11 is 0. The first-order valence-electron chi connectivity index (χ1n) is 4.19. The predicted molar refractivity (Wildman–Crippen MR) is 52.6 cm³/mol. The van der Waals surface area contributed by atoms with Crippen LogP contribution in [0.2, 0.25) is 0 Å². The number of fused-ring (bicyclic) bond motifs is 1. The zero-order valence-electron chi connectivity index (χ0n) is 7.13. The van der Waals surface area contributed by atoms with Crippen molar-refractivity contribution in [1.82, 2.24) is 0 Å². The number of nitrogens with two attached hydrogens (primary N) is 1. The fourth-order valence-corrected chi connectivity index (χ4v) is 1.37. The first kappa shape index (κ1) is 7.91. The molecule has 1 amide bonds. The summed E-state index contributed by atoms with van der Waals surface area (Å²) in [6, 6.07) is 5.53. The molecule has 4 N–H and O–H groups in total. The van der Waals surface area contributed by atoms with E-state index in [0.717, 1.165) is 5.69 Å². The third kappa shape index (κ3) is 1.42. The molecule has 0 spiro atoms. The van der Waals surface area contributed by atoms with E-state index in [2.05, 4.69) is 10.6 Å². The van der Waals surface area contributed by atoms with E-state index in [9.17, 15) is 4.79 Å². The lowest BCUT2D eigenvalue weighted by atomic mass is 10.2. The number of anilines is 3. The second kappa shape index (κ2) is 2.97. The molecule has 0 bridgehead atoms. The molecule has 1 heterocycles. The Labute approximate surface area is 76.1 Å². The van der Waals surface area contributed by atoms with Gasteiger partial charge in [-0.2, -0.15) is 0 Å². The lowest BCUT2D eigenvalue weighted by Gasteiger charge is -2.09. The van der Waals surface area contributed by atoms with Crippen molar-refractivity contribution in [1.29, 1.82) is 0 Å². The van der Waals surface area contributed by atoms with Crippen molar-refractivity contribution in [3.63, 3.8) is 0 Å². The third-order valence-corrected chi connectivity index (χ3v) is 2.03. The summed E-state index contributed by atoms with van der Waals surface area (Å²) in [5.74, 6) is 0.00384. The molecule has 1 aromatic rings. The minimum atomic E-state index is 0.00384. The predicted octanol–water partition coefficient (Wildman–Crippen LogP) is 1.02. The Balaban J connectivity index is 2.46. The molecular formula is C9H11N3O. The molecule has 68 valence electrons. The monoisotopic (exact) mass is 177 g/mol. The molecule has 4 heteroatoms. The van der Waals surface area contributed by atoms with Gasteiger partial charge in [-0.05, 0) is 12.1 Å². The van der Waals surface area contributed by atoms with Crippen molar-refractivity contribution in [2.24, 2.45) is 0 Å². The zero-order valence-corrected chi connectivity index (χ0v) is 7.13. The van der Waals surface area contributed by atoms with Gasteiger partial charge < -0.3 is 16.4 Å². The molecule has 0 aliphatic carbocycles. The summed E-state index contributed by atoms with van der Waals surface area (Å²) in [5.41, 5.74) is 7.91. The number of rotatable bonds is 0. The lowest BCUT2D eigenvalue weighted by Crippen LogP contribution is -2.11. The summed E-state index contributed by atoms with van der Waals surface area (Å²) in [5, 5.41) is 5.90. The highest BCUT2D eigenvalue weighted by Crippen LogP contribution is 2.29. The smallest absolute Gasteiger partial charge is 0.226 e. The second-order valence-electron chi connectivity index (χ2n) is 2.99. The van der Waals surface area contributed by atoms with Crippen LogP contribution in [0.25, 0.3) is 0 Å². The first-order chi connectivity index (χ1) is 6.27. The standard InChI is InChI=1S/C9H11N3O/c10-6-2-1-3-7-9(6)12-8(13)4-5-11-7/h1-3,11H,4-5,10H2,(H,12,13). The zero-order chi connectivity index (χ0) is 9.26. The van der Waals surface area contributed by atoms with Gasteiger partial charge in [-0.3, -0.25) is 4.79 Å². The maximum absolute atomic E-state index is 11.2. The van der Waals surface area contributed by atoms with Crippen LogP contribution in [0.1, 0.15) is 6.42 Å². The van der Waals surface area contributed by atoms with Crippen LogP contribution in [-0.2, 0) is 4.79 Å². The van der Waals surface area contributed by atoms with E-state index in [-0.39, 0.29) is 5.91 Å². The van der Waals surface area contributed by atoms with E-state index < -0.39 is 0 Å². The van der Waals surface area contributed by atoms with Gasteiger partial charge in [0.2, 0.25) is 5.91 Å². The molecule has 2 rings (SSSR count). The van der Waals surface area contributed by atoms with Gasteiger partial charge in [0.1, 0.15) is 0 Å². The van der Waals surface area contributed by atoms with Gasteiger partial charge in [0.15, 0.2) is 0 Å². The molecule has 1 aliphatic heterocycles. The Kier molecular flexibility index (Phi) is 1.81. The number of nitrogens with one attached hydrogen (secondary N) is 2. The molecule has 0 saturated heterocycles. The van der Waals surface area contributed by atoms with E-state index in [0.29, 0.717) is 24.3 Å². The highest BCUT2D eigenvalue weighted by Gasteiger charge is 2.13. The number of hydrogen-bond acceptors (Lipinski definition) is 3. The summed E-state index contributed by atoms with van der Waals surface area (Å²) in [4.78, 5) is 11.2. The van der Waals surface area contributed by atoms with Crippen molar-refractivity contribution < 1.29 is 4.79 Å². The molecule has 0 radical (unpaired) electrons. The summed E-state index contributed by atoms with van der Waals surface area (Å²) in [6.45, 7) is 0.655. The molecule has 0 unspecified atom stereocenters. The van der Waals surface area contributed by atoms with Crippen LogP contribution < -0.4 is 16.4 Å². The molecule has 1 aromatic carbocycles. The molecule has 0 saturated carbocycles. The molecule has 4 nitrogen and oxygen atoms in total. The van der Waals surface area contributed by atoms with E-state index in [4.69, 9.17) is 5.73 Å². The van der Waals surface area contributed by atoms with E-state index in [1.807, 2.05) is 12.1 Å². The summed E-state index contributed by atoms with van der Waals surface area (Å²) in [7, 11) is 0. The number of amides is 1. The van der Waals surface area contributed by atoms with Crippen LogP contribution in [0.5, 0.6) is 0 Å². The number of para-hydroxylation sites is 1. The SMILES string of the molecule is Nc1cccc2c1NC(=O)CCN2. The molecule has 0 aromatic heterocycles. The van der Waals surface area contributed by atoms with Gasteiger partial charge in [0, 0.05) is 13.0 Å². The second-order valence-corrected chi connectivity index (χ2v) is 2.99. The van der Waals surface area contributed by atoms with E-state index in [1.165, 1.54) is 0 Å². The van der Waals surface area contributed by atoms with Crippen molar-refractivity contribution >= 4 is 23.0 Å². The molecular weight excluding hydrogens is 166 g/mol. The van der Waals surface area contributed by atoms with Crippen molar-refractivity contribution in [3.8, 4) is 0 Å².